The van der Waals surface area contributed by atoms with Crippen molar-refractivity contribution in [3.63, 3.8) is 0 Å². The highest BCUT2D eigenvalue weighted by Crippen LogP contribution is 2.06. The third-order valence-electron chi connectivity index (χ3n) is 2.52. The van der Waals surface area contributed by atoms with E-state index in [0.29, 0.717) is 44.4 Å². The van der Waals surface area contributed by atoms with E-state index < -0.39 is 0 Å². The quantitative estimate of drug-likeness (QED) is 0.502. The molecule has 0 amide bonds. The van der Waals surface area contributed by atoms with Crippen molar-refractivity contribution in [3.05, 3.63) is 29.1 Å². The van der Waals surface area contributed by atoms with E-state index in [4.69, 9.17) is 27.1 Å². The van der Waals surface area contributed by atoms with Crippen LogP contribution in [0.15, 0.2) is 12.1 Å². The van der Waals surface area contributed by atoms with Gasteiger partial charge in [0.1, 0.15) is 11.4 Å². The Balaban J connectivity index is 2.25. The maximum absolute atomic E-state index is 5.48. The second-order valence-corrected chi connectivity index (χ2v) is 4.00. The summed E-state index contributed by atoms with van der Waals surface area (Å²) in [4.78, 5) is 4.11. The molecule has 0 saturated carbocycles. The van der Waals surface area contributed by atoms with Crippen molar-refractivity contribution in [2.45, 2.75) is 6.42 Å². The molecule has 0 aromatic carbocycles. The molecule has 0 bridgehead atoms. The summed E-state index contributed by atoms with van der Waals surface area (Å²) in [5.41, 5.74) is 2.14. The average molecular weight is 273 g/mol. The molecule has 0 N–H and O–H groups in total. The summed E-state index contributed by atoms with van der Waals surface area (Å²) in [6, 6.07) is 3.69. The highest BCUT2D eigenvalue weighted by Gasteiger charge is 2.00. The van der Waals surface area contributed by atoms with E-state index in [9.17, 15) is 0 Å². The molecule has 4 nitrogen and oxygen atoms in total. The zero-order chi connectivity index (χ0) is 14.6. The number of rotatable bonds is 9. The molecule has 0 fully saturated rings. The zero-order valence-electron chi connectivity index (χ0n) is 11.7. The smallest absolute Gasteiger partial charge is 0.114 e. The highest BCUT2D eigenvalue weighted by molar-refractivity contribution is 5.36. The molecule has 1 rings (SSSR count). The topological polar surface area (TPSA) is 40.6 Å². The van der Waals surface area contributed by atoms with Gasteiger partial charge in [0.05, 0.1) is 33.0 Å². The lowest BCUT2D eigenvalue weighted by Gasteiger charge is -2.06. The van der Waals surface area contributed by atoms with Crippen LogP contribution < -0.4 is 0 Å². The average Bonchev–Trinajstić information content (AvgIpc) is 2.49. The van der Waals surface area contributed by atoms with Crippen LogP contribution >= 0.6 is 0 Å². The third kappa shape index (κ3) is 6.36. The molecular formula is C16H19NO3. The molecule has 106 valence electrons. The Hall–Kier alpha value is -1.85. The third-order valence-corrected chi connectivity index (χ3v) is 2.52. The lowest BCUT2D eigenvalue weighted by Crippen LogP contribution is -2.09. The number of hydrogen-bond acceptors (Lipinski definition) is 4. The van der Waals surface area contributed by atoms with Crippen LogP contribution in [0.3, 0.4) is 0 Å². The largest absolute Gasteiger partial charge is 0.382 e. The Bertz CT molecular complexity index is 453. The predicted octanol–water partition coefficient (Wildman–Crippen LogP) is 1.27. The first-order valence-electron chi connectivity index (χ1n) is 6.38. The Kier molecular flexibility index (Phi) is 8.10. The fourth-order valence-corrected chi connectivity index (χ4v) is 1.53. The lowest BCUT2D eigenvalue weighted by atomic mass is 10.1. The van der Waals surface area contributed by atoms with Crippen LogP contribution in [0.2, 0.25) is 0 Å². The zero-order valence-corrected chi connectivity index (χ0v) is 11.7. The molecular weight excluding hydrogens is 254 g/mol. The van der Waals surface area contributed by atoms with E-state index in [-0.39, 0.29) is 0 Å². The summed E-state index contributed by atoms with van der Waals surface area (Å²) < 4.78 is 15.6. The van der Waals surface area contributed by atoms with Gasteiger partial charge < -0.3 is 14.2 Å². The Morgan fingerprint density at radius 2 is 1.50 bits per heavy atom. The van der Waals surface area contributed by atoms with Gasteiger partial charge >= 0.3 is 0 Å². The van der Waals surface area contributed by atoms with Crippen LogP contribution in [0.5, 0.6) is 0 Å². The molecule has 0 aliphatic rings. The van der Waals surface area contributed by atoms with Crippen LogP contribution in [0.4, 0.5) is 0 Å². The Labute approximate surface area is 120 Å². The van der Waals surface area contributed by atoms with Gasteiger partial charge in [-0.15, -0.1) is 12.8 Å². The van der Waals surface area contributed by atoms with Crippen molar-refractivity contribution in [3.8, 4) is 24.7 Å². The molecule has 0 aliphatic heterocycles. The van der Waals surface area contributed by atoms with Crippen LogP contribution in [0.1, 0.15) is 17.0 Å². The van der Waals surface area contributed by atoms with Gasteiger partial charge in [0.15, 0.2) is 0 Å². The van der Waals surface area contributed by atoms with Crippen LogP contribution in [-0.4, -0.2) is 45.1 Å². The minimum atomic E-state index is 0.554. The first-order valence-corrected chi connectivity index (χ1v) is 6.38. The van der Waals surface area contributed by atoms with Gasteiger partial charge in [-0.05, 0) is 24.1 Å². The van der Waals surface area contributed by atoms with E-state index in [1.54, 1.807) is 7.11 Å². The van der Waals surface area contributed by atoms with E-state index in [2.05, 4.69) is 16.8 Å². The first-order chi connectivity index (χ1) is 9.80. The molecule has 1 aromatic heterocycles. The molecule has 20 heavy (non-hydrogen) atoms. The fraction of sp³-hybridized carbons (Fsp3) is 0.438. The maximum Gasteiger partial charge on any atom is 0.114 e. The second kappa shape index (κ2) is 10.00. The van der Waals surface area contributed by atoms with Crippen molar-refractivity contribution < 1.29 is 14.2 Å². The number of nitrogens with zero attached hydrogens (tertiary/aromatic N) is 1. The lowest BCUT2D eigenvalue weighted by molar-refractivity contribution is 0.0255. The number of hydrogen-bond donors (Lipinski definition) is 0. The van der Waals surface area contributed by atoms with Gasteiger partial charge in [-0.3, -0.25) is 0 Å². The number of aromatic nitrogens is 1. The van der Waals surface area contributed by atoms with Crippen molar-refractivity contribution >= 4 is 0 Å². The molecule has 1 heterocycles. The fourth-order valence-electron chi connectivity index (χ4n) is 1.53. The maximum atomic E-state index is 5.48. The summed E-state index contributed by atoms with van der Waals surface area (Å²) in [6.07, 6.45) is 11.4. The summed E-state index contributed by atoms with van der Waals surface area (Å²) in [5.74, 6) is 4.99. The molecule has 0 aliphatic carbocycles. The second-order valence-electron chi connectivity index (χ2n) is 4.00. The van der Waals surface area contributed by atoms with Gasteiger partial charge in [0.2, 0.25) is 0 Å². The molecule has 1 aromatic rings. The molecule has 0 spiro atoms. The normalized spacial score (nSPS) is 9.95. The molecule has 0 saturated heterocycles. The van der Waals surface area contributed by atoms with Crippen molar-refractivity contribution in [2.75, 3.05) is 40.1 Å². The van der Waals surface area contributed by atoms with Crippen LogP contribution in [-0.2, 0) is 20.6 Å². The van der Waals surface area contributed by atoms with E-state index in [1.807, 2.05) is 12.1 Å². The van der Waals surface area contributed by atoms with Crippen LogP contribution in [0, 0.1) is 24.7 Å². The minimum Gasteiger partial charge on any atom is -0.382 e. The molecule has 0 unspecified atom stereocenters. The summed E-state index contributed by atoms with van der Waals surface area (Å²) >= 11 is 0. The van der Waals surface area contributed by atoms with Gasteiger partial charge in [-0.25, -0.2) is 4.98 Å². The number of pyridine rings is 1. The monoisotopic (exact) mass is 273 g/mol. The number of terminal acetylenes is 2. The van der Waals surface area contributed by atoms with Crippen molar-refractivity contribution in [1.82, 2.24) is 4.98 Å². The van der Waals surface area contributed by atoms with Crippen molar-refractivity contribution in [2.24, 2.45) is 0 Å². The Morgan fingerprint density at radius 3 is 2.05 bits per heavy atom. The van der Waals surface area contributed by atoms with Gasteiger partial charge in [0, 0.05) is 7.11 Å². The summed E-state index contributed by atoms with van der Waals surface area (Å²) in [7, 11) is 1.64. The van der Waals surface area contributed by atoms with Gasteiger partial charge in [0.25, 0.3) is 0 Å². The first kappa shape index (κ1) is 16.2. The van der Waals surface area contributed by atoms with Crippen molar-refractivity contribution in [1.29, 1.82) is 0 Å². The van der Waals surface area contributed by atoms with Gasteiger partial charge in [-0.1, -0.05) is 11.8 Å². The molecule has 0 atom stereocenters. The number of ether oxygens (including phenoxy) is 3. The predicted molar refractivity (Wildman–Crippen MR) is 77.3 cm³/mol. The standard InChI is InChI=1S/C16H19NO3/c1-4-15-12-14(13-16(5-2)17-15)6-7-19-10-11-20-9-8-18-3/h1-2,12-13H,6-11H2,3H3. The number of methoxy groups -OCH3 is 1. The van der Waals surface area contributed by atoms with Gasteiger partial charge in [-0.2, -0.15) is 0 Å². The summed E-state index contributed by atoms with van der Waals surface area (Å²) in [5, 5.41) is 0. The van der Waals surface area contributed by atoms with E-state index in [1.165, 1.54) is 0 Å². The highest BCUT2D eigenvalue weighted by atomic mass is 16.5. The SMILES string of the molecule is C#Cc1cc(CCOCCOCCOC)cc(C#C)n1. The molecule has 4 heteroatoms. The van der Waals surface area contributed by atoms with Crippen LogP contribution in [0.25, 0.3) is 0 Å². The minimum absolute atomic E-state index is 0.554. The van der Waals surface area contributed by atoms with E-state index >= 15 is 0 Å². The summed E-state index contributed by atoms with van der Waals surface area (Å²) in [6.45, 7) is 2.89. The Morgan fingerprint density at radius 1 is 0.950 bits per heavy atom. The van der Waals surface area contributed by atoms with E-state index in [0.717, 1.165) is 12.0 Å². The molecule has 0 radical (unpaired) electrons.